The maximum absolute atomic E-state index is 10.8. The van der Waals surface area contributed by atoms with E-state index < -0.39 is 6.09 Å². The molecule has 0 spiro atoms. The molecule has 0 aromatic rings. The van der Waals surface area contributed by atoms with E-state index in [1.54, 1.807) is 0 Å². The van der Waals surface area contributed by atoms with Gasteiger partial charge in [0.1, 0.15) is 11.1 Å². The molecule has 1 rings (SSSR count). The second-order valence-corrected chi connectivity index (χ2v) is 3.35. The maximum Gasteiger partial charge on any atom is 0.433 e. The highest BCUT2D eigenvalue weighted by atomic mass is 32.2. The number of ether oxygens (including phenoxy) is 1. The van der Waals surface area contributed by atoms with Gasteiger partial charge in [-0.25, -0.2) is 4.79 Å². The molecule has 0 aromatic carbocycles. The van der Waals surface area contributed by atoms with Crippen LogP contribution in [0.15, 0.2) is 5.16 Å². The lowest BCUT2D eigenvalue weighted by molar-refractivity contribution is 0.144. The summed E-state index contributed by atoms with van der Waals surface area (Å²) in [7, 11) is 0. The number of rotatable bonds is 2. The topological polar surface area (TPSA) is 59.9 Å². The van der Waals surface area contributed by atoms with Crippen molar-refractivity contribution in [3.05, 3.63) is 0 Å². The van der Waals surface area contributed by atoms with E-state index in [1.165, 1.54) is 11.8 Å². The molecular formula is C7H12N2O3S. The summed E-state index contributed by atoms with van der Waals surface area (Å²) in [5, 5.41) is 6.83. The van der Waals surface area contributed by atoms with Crippen molar-refractivity contribution in [2.24, 2.45) is 5.16 Å². The van der Waals surface area contributed by atoms with E-state index in [0.717, 1.165) is 0 Å². The van der Waals surface area contributed by atoms with Crippen LogP contribution >= 0.6 is 11.8 Å². The van der Waals surface area contributed by atoms with Gasteiger partial charge in [-0.1, -0.05) is 16.9 Å². The monoisotopic (exact) mass is 204 g/mol. The van der Waals surface area contributed by atoms with Gasteiger partial charge >= 0.3 is 6.09 Å². The summed E-state index contributed by atoms with van der Waals surface area (Å²) in [6.45, 7) is 4.20. The van der Waals surface area contributed by atoms with E-state index in [4.69, 9.17) is 4.74 Å². The molecule has 0 saturated carbocycles. The zero-order valence-corrected chi connectivity index (χ0v) is 8.39. The van der Waals surface area contributed by atoms with E-state index in [9.17, 15) is 4.79 Å². The minimum Gasteiger partial charge on any atom is -0.361 e. The lowest BCUT2D eigenvalue weighted by Gasteiger charge is -2.01. The molecule has 13 heavy (non-hydrogen) atoms. The first kappa shape index (κ1) is 10.3. The Bertz CT molecular complexity index is 220. The fourth-order valence-electron chi connectivity index (χ4n) is 0.749. The Balaban J connectivity index is 2.34. The third kappa shape index (κ3) is 3.23. The summed E-state index contributed by atoms with van der Waals surface area (Å²) < 4.78 is 5.18. The normalized spacial score (nSPS) is 24.8. The highest BCUT2D eigenvalue weighted by Crippen LogP contribution is 2.19. The summed E-state index contributed by atoms with van der Waals surface area (Å²) in [6.07, 6.45) is -0.603. The smallest absolute Gasteiger partial charge is 0.361 e. The maximum atomic E-state index is 10.8. The van der Waals surface area contributed by atoms with Crippen molar-refractivity contribution in [2.45, 2.75) is 20.0 Å². The molecule has 1 unspecified atom stereocenters. The standard InChI is InChI=1S/C7H12N2O3S/c1-3-8-7(10)12-9-6-5(2)11-4-13-6/h5H,3-4H2,1-2H3,(H,8,10)/b9-6+. The minimum absolute atomic E-state index is 0.0700. The van der Waals surface area contributed by atoms with Gasteiger partial charge in [-0.15, -0.1) is 0 Å². The van der Waals surface area contributed by atoms with Crippen LogP contribution in [0.25, 0.3) is 0 Å². The Morgan fingerprint density at radius 2 is 2.69 bits per heavy atom. The number of hydrogen-bond acceptors (Lipinski definition) is 5. The molecule has 1 N–H and O–H groups in total. The third-order valence-corrected chi connectivity index (χ3v) is 2.37. The van der Waals surface area contributed by atoms with Gasteiger partial charge in [0.25, 0.3) is 0 Å². The Morgan fingerprint density at radius 3 is 3.23 bits per heavy atom. The number of carbonyl (C=O) groups is 1. The molecule has 0 aliphatic carbocycles. The molecule has 1 saturated heterocycles. The fourth-order valence-corrected chi connectivity index (χ4v) is 1.53. The Hall–Kier alpha value is -0.750. The minimum atomic E-state index is -0.533. The number of oxime groups is 1. The van der Waals surface area contributed by atoms with Crippen molar-refractivity contribution in [3.8, 4) is 0 Å². The zero-order valence-electron chi connectivity index (χ0n) is 7.57. The first-order chi connectivity index (χ1) is 6.24. The summed E-state index contributed by atoms with van der Waals surface area (Å²) in [5.41, 5.74) is 0. The summed E-state index contributed by atoms with van der Waals surface area (Å²) in [4.78, 5) is 15.4. The first-order valence-corrected chi connectivity index (χ1v) is 4.99. The van der Waals surface area contributed by atoms with Gasteiger partial charge in [0.05, 0.1) is 5.94 Å². The Kier molecular flexibility index (Phi) is 4.04. The summed E-state index contributed by atoms with van der Waals surface area (Å²) in [5.74, 6) is 0.568. The average molecular weight is 204 g/mol. The average Bonchev–Trinajstić information content (AvgIpc) is 2.48. The zero-order chi connectivity index (χ0) is 9.68. The van der Waals surface area contributed by atoms with Crippen LogP contribution in [0, 0.1) is 0 Å². The number of thioether (sulfide) groups is 1. The van der Waals surface area contributed by atoms with E-state index in [0.29, 0.717) is 17.5 Å². The van der Waals surface area contributed by atoms with Crippen LogP contribution in [0.2, 0.25) is 0 Å². The van der Waals surface area contributed by atoms with Crippen LogP contribution in [-0.2, 0) is 9.57 Å². The largest absolute Gasteiger partial charge is 0.433 e. The number of nitrogens with one attached hydrogen (secondary N) is 1. The molecule has 1 heterocycles. The van der Waals surface area contributed by atoms with E-state index in [1.807, 2.05) is 13.8 Å². The molecule has 5 nitrogen and oxygen atoms in total. The lowest BCUT2D eigenvalue weighted by atomic mass is 10.4. The number of carbonyl (C=O) groups excluding carboxylic acids is 1. The molecule has 1 fully saturated rings. The van der Waals surface area contributed by atoms with Crippen molar-refractivity contribution in [1.29, 1.82) is 0 Å². The van der Waals surface area contributed by atoms with Crippen LogP contribution < -0.4 is 5.32 Å². The van der Waals surface area contributed by atoms with Gasteiger partial charge in [0, 0.05) is 6.54 Å². The van der Waals surface area contributed by atoms with Crippen molar-refractivity contribution < 1.29 is 14.4 Å². The number of nitrogens with zero attached hydrogens (tertiary/aromatic N) is 1. The second-order valence-electron chi connectivity index (χ2n) is 2.41. The quantitative estimate of drug-likeness (QED) is 0.541. The van der Waals surface area contributed by atoms with Crippen LogP contribution in [0.4, 0.5) is 4.79 Å². The highest BCUT2D eigenvalue weighted by Gasteiger charge is 2.20. The lowest BCUT2D eigenvalue weighted by Crippen LogP contribution is -2.22. The first-order valence-electron chi connectivity index (χ1n) is 4.01. The van der Waals surface area contributed by atoms with Crippen LogP contribution in [0.3, 0.4) is 0 Å². The summed E-state index contributed by atoms with van der Waals surface area (Å²) in [6, 6.07) is 0. The Morgan fingerprint density at radius 1 is 1.92 bits per heavy atom. The van der Waals surface area contributed by atoms with E-state index in [2.05, 4.69) is 15.3 Å². The molecule has 1 amide bonds. The molecule has 1 aliphatic rings. The molecule has 1 aliphatic heterocycles. The highest BCUT2D eigenvalue weighted by molar-refractivity contribution is 8.14. The van der Waals surface area contributed by atoms with Crippen LogP contribution in [0.1, 0.15) is 13.8 Å². The predicted octanol–water partition coefficient (Wildman–Crippen LogP) is 1.16. The fraction of sp³-hybridized carbons (Fsp3) is 0.714. The Labute approximate surface area is 80.8 Å². The molecule has 74 valence electrons. The van der Waals surface area contributed by atoms with Crippen LogP contribution in [0.5, 0.6) is 0 Å². The van der Waals surface area contributed by atoms with Gasteiger partial charge in [-0.2, -0.15) is 0 Å². The second kappa shape index (κ2) is 5.08. The van der Waals surface area contributed by atoms with E-state index >= 15 is 0 Å². The molecule has 1 atom stereocenters. The molecule has 0 aromatic heterocycles. The van der Waals surface area contributed by atoms with E-state index in [-0.39, 0.29) is 6.10 Å². The number of hydrogen-bond donors (Lipinski definition) is 1. The van der Waals surface area contributed by atoms with Crippen molar-refractivity contribution >= 4 is 22.9 Å². The molecule has 6 heteroatoms. The van der Waals surface area contributed by atoms with Crippen molar-refractivity contribution in [3.63, 3.8) is 0 Å². The van der Waals surface area contributed by atoms with Crippen molar-refractivity contribution in [2.75, 3.05) is 12.5 Å². The van der Waals surface area contributed by atoms with Gasteiger partial charge in [-0.05, 0) is 13.8 Å². The predicted molar refractivity (Wildman–Crippen MR) is 50.6 cm³/mol. The molecule has 0 radical (unpaired) electrons. The van der Waals surface area contributed by atoms with Gasteiger partial charge < -0.3 is 10.1 Å². The van der Waals surface area contributed by atoms with Gasteiger partial charge in [0.2, 0.25) is 0 Å². The van der Waals surface area contributed by atoms with Crippen LogP contribution in [-0.4, -0.2) is 29.7 Å². The number of amides is 1. The van der Waals surface area contributed by atoms with Crippen molar-refractivity contribution in [1.82, 2.24) is 5.32 Å². The summed E-state index contributed by atoms with van der Waals surface area (Å²) >= 11 is 1.43. The van der Waals surface area contributed by atoms with Gasteiger partial charge in [0.15, 0.2) is 0 Å². The third-order valence-electron chi connectivity index (χ3n) is 1.41. The SMILES string of the molecule is CCNC(=O)O/N=C1/SCOC1C. The molecule has 0 bridgehead atoms. The molecular weight excluding hydrogens is 192 g/mol. The van der Waals surface area contributed by atoms with Gasteiger partial charge in [-0.3, -0.25) is 4.84 Å².